The molecular formula is C11H16N2. The van der Waals surface area contributed by atoms with Crippen molar-refractivity contribution in [3.8, 4) is 0 Å². The van der Waals surface area contributed by atoms with Gasteiger partial charge in [0.1, 0.15) is 0 Å². The summed E-state index contributed by atoms with van der Waals surface area (Å²) in [6.07, 6.45) is 0. The zero-order valence-corrected chi connectivity index (χ0v) is 8.44. The molecule has 1 aromatic carbocycles. The van der Waals surface area contributed by atoms with Crippen LogP contribution in [0.15, 0.2) is 18.2 Å². The Labute approximate surface area is 79.4 Å². The molecule has 0 amide bonds. The second kappa shape index (κ2) is 2.66. The van der Waals surface area contributed by atoms with E-state index in [1.54, 1.807) is 0 Å². The summed E-state index contributed by atoms with van der Waals surface area (Å²) in [4.78, 5) is 0. The van der Waals surface area contributed by atoms with E-state index in [1.807, 2.05) is 0 Å². The number of para-hydroxylation sites is 1. The van der Waals surface area contributed by atoms with Gasteiger partial charge in [-0.3, -0.25) is 0 Å². The molecule has 0 atom stereocenters. The number of hydrogen-bond donors (Lipinski definition) is 2. The first kappa shape index (κ1) is 8.42. The Morgan fingerprint density at radius 3 is 2.85 bits per heavy atom. The fourth-order valence-electron chi connectivity index (χ4n) is 1.72. The van der Waals surface area contributed by atoms with E-state index in [0.29, 0.717) is 0 Å². The van der Waals surface area contributed by atoms with Crippen LogP contribution in [0, 0.1) is 6.92 Å². The van der Waals surface area contributed by atoms with Crippen molar-refractivity contribution in [1.82, 2.24) is 0 Å². The van der Waals surface area contributed by atoms with E-state index >= 15 is 0 Å². The third kappa shape index (κ3) is 1.48. The molecule has 2 nitrogen and oxygen atoms in total. The fraction of sp³-hybridized carbons (Fsp3) is 0.455. The Morgan fingerprint density at radius 2 is 2.08 bits per heavy atom. The van der Waals surface area contributed by atoms with Crippen molar-refractivity contribution in [3.63, 3.8) is 0 Å². The van der Waals surface area contributed by atoms with Crippen LogP contribution in [0.1, 0.15) is 19.4 Å². The summed E-state index contributed by atoms with van der Waals surface area (Å²) in [5.41, 5.74) is 3.93. The van der Waals surface area contributed by atoms with E-state index in [4.69, 9.17) is 0 Å². The van der Waals surface area contributed by atoms with Gasteiger partial charge in [0.15, 0.2) is 0 Å². The monoisotopic (exact) mass is 176 g/mol. The first-order valence-electron chi connectivity index (χ1n) is 4.70. The summed E-state index contributed by atoms with van der Waals surface area (Å²) in [7, 11) is 0. The summed E-state index contributed by atoms with van der Waals surface area (Å²) in [6.45, 7) is 7.51. The van der Waals surface area contributed by atoms with Gasteiger partial charge in [0.05, 0.1) is 11.4 Å². The van der Waals surface area contributed by atoms with Gasteiger partial charge in [-0.1, -0.05) is 12.1 Å². The van der Waals surface area contributed by atoms with Crippen LogP contribution in [0.4, 0.5) is 11.4 Å². The Hall–Kier alpha value is -1.18. The number of rotatable bonds is 0. The molecule has 0 radical (unpaired) electrons. The third-order valence-corrected chi connectivity index (χ3v) is 2.45. The Kier molecular flexibility index (Phi) is 1.72. The van der Waals surface area contributed by atoms with Crippen molar-refractivity contribution in [2.75, 3.05) is 17.2 Å². The second-order valence-electron chi connectivity index (χ2n) is 4.36. The van der Waals surface area contributed by atoms with Crippen molar-refractivity contribution in [2.24, 2.45) is 0 Å². The van der Waals surface area contributed by atoms with Crippen LogP contribution in [-0.4, -0.2) is 12.1 Å². The smallest absolute Gasteiger partial charge is 0.0606 e. The molecule has 1 aliphatic rings. The molecule has 0 saturated heterocycles. The molecule has 1 heterocycles. The third-order valence-electron chi connectivity index (χ3n) is 2.45. The molecule has 0 aromatic heterocycles. The minimum atomic E-state index is 0.154. The summed E-state index contributed by atoms with van der Waals surface area (Å²) in [5.74, 6) is 0. The van der Waals surface area contributed by atoms with Crippen molar-refractivity contribution in [1.29, 1.82) is 0 Å². The van der Waals surface area contributed by atoms with Crippen molar-refractivity contribution in [3.05, 3.63) is 23.8 Å². The maximum atomic E-state index is 3.51. The summed E-state index contributed by atoms with van der Waals surface area (Å²) in [6, 6.07) is 6.34. The van der Waals surface area contributed by atoms with Crippen LogP contribution in [0.3, 0.4) is 0 Å². The van der Waals surface area contributed by atoms with Gasteiger partial charge in [-0.2, -0.15) is 0 Å². The van der Waals surface area contributed by atoms with E-state index < -0.39 is 0 Å². The first-order chi connectivity index (χ1) is 6.08. The average molecular weight is 176 g/mol. The lowest BCUT2D eigenvalue weighted by Gasteiger charge is -2.35. The van der Waals surface area contributed by atoms with E-state index in [0.717, 1.165) is 6.54 Å². The number of hydrogen-bond acceptors (Lipinski definition) is 2. The van der Waals surface area contributed by atoms with Gasteiger partial charge in [0.2, 0.25) is 0 Å². The average Bonchev–Trinajstić information content (AvgIpc) is 2.02. The highest BCUT2D eigenvalue weighted by molar-refractivity contribution is 5.75. The number of nitrogens with one attached hydrogen (secondary N) is 2. The normalized spacial score (nSPS) is 18.4. The standard InChI is InChI=1S/C11H16N2/c1-8-5-4-6-9-10(8)12-7-11(2,3)13-9/h4-6,12-13H,7H2,1-3H3. The molecule has 2 N–H and O–H groups in total. The van der Waals surface area contributed by atoms with Gasteiger partial charge in [-0.05, 0) is 32.4 Å². The van der Waals surface area contributed by atoms with Gasteiger partial charge in [-0.25, -0.2) is 0 Å². The molecular weight excluding hydrogens is 160 g/mol. The molecule has 0 saturated carbocycles. The highest BCUT2D eigenvalue weighted by Crippen LogP contribution is 2.32. The highest BCUT2D eigenvalue weighted by atomic mass is 15.1. The van der Waals surface area contributed by atoms with Gasteiger partial charge in [-0.15, -0.1) is 0 Å². The van der Waals surface area contributed by atoms with Crippen LogP contribution < -0.4 is 10.6 Å². The minimum Gasteiger partial charge on any atom is -0.381 e. The van der Waals surface area contributed by atoms with Crippen molar-refractivity contribution >= 4 is 11.4 Å². The summed E-state index contributed by atoms with van der Waals surface area (Å²) < 4.78 is 0. The molecule has 1 aliphatic heterocycles. The number of benzene rings is 1. The van der Waals surface area contributed by atoms with Crippen LogP contribution in [0.5, 0.6) is 0 Å². The molecule has 0 aliphatic carbocycles. The van der Waals surface area contributed by atoms with Gasteiger partial charge in [0, 0.05) is 12.1 Å². The van der Waals surface area contributed by atoms with Gasteiger partial charge >= 0.3 is 0 Å². The molecule has 0 bridgehead atoms. The molecule has 0 unspecified atom stereocenters. The number of aryl methyl sites for hydroxylation is 1. The van der Waals surface area contributed by atoms with E-state index in [-0.39, 0.29) is 5.54 Å². The number of anilines is 2. The van der Waals surface area contributed by atoms with Crippen molar-refractivity contribution < 1.29 is 0 Å². The zero-order valence-electron chi connectivity index (χ0n) is 8.44. The molecule has 0 spiro atoms. The molecule has 1 aromatic rings. The molecule has 0 fully saturated rings. The van der Waals surface area contributed by atoms with E-state index in [1.165, 1.54) is 16.9 Å². The van der Waals surface area contributed by atoms with Crippen LogP contribution in [-0.2, 0) is 0 Å². The first-order valence-corrected chi connectivity index (χ1v) is 4.70. The quantitative estimate of drug-likeness (QED) is 0.635. The van der Waals surface area contributed by atoms with E-state index in [2.05, 4.69) is 49.6 Å². The maximum Gasteiger partial charge on any atom is 0.0606 e. The van der Waals surface area contributed by atoms with E-state index in [9.17, 15) is 0 Å². The minimum absolute atomic E-state index is 0.154. The molecule has 70 valence electrons. The summed E-state index contributed by atoms with van der Waals surface area (Å²) in [5, 5.41) is 6.97. The molecule has 2 rings (SSSR count). The Morgan fingerprint density at radius 1 is 1.31 bits per heavy atom. The SMILES string of the molecule is Cc1cccc2c1NCC(C)(C)N2. The Bertz CT molecular complexity index is 329. The van der Waals surface area contributed by atoms with Crippen LogP contribution in [0.25, 0.3) is 0 Å². The lowest BCUT2D eigenvalue weighted by molar-refractivity contribution is 0.588. The zero-order chi connectivity index (χ0) is 9.47. The topological polar surface area (TPSA) is 24.1 Å². The van der Waals surface area contributed by atoms with Crippen LogP contribution in [0.2, 0.25) is 0 Å². The summed E-state index contributed by atoms with van der Waals surface area (Å²) >= 11 is 0. The molecule has 2 heteroatoms. The largest absolute Gasteiger partial charge is 0.381 e. The highest BCUT2D eigenvalue weighted by Gasteiger charge is 2.23. The van der Waals surface area contributed by atoms with Crippen molar-refractivity contribution in [2.45, 2.75) is 26.3 Å². The second-order valence-corrected chi connectivity index (χ2v) is 4.36. The predicted molar refractivity (Wildman–Crippen MR) is 57.4 cm³/mol. The molecule has 13 heavy (non-hydrogen) atoms. The lowest BCUT2D eigenvalue weighted by Crippen LogP contribution is -2.42. The van der Waals surface area contributed by atoms with Gasteiger partial charge < -0.3 is 10.6 Å². The Balaban J connectivity index is 2.42. The number of fused-ring (bicyclic) bond motifs is 1. The predicted octanol–water partition coefficient (Wildman–Crippen LogP) is 2.61. The van der Waals surface area contributed by atoms with Gasteiger partial charge in [0.25, 0.3) is 0 Å². The lowest BCUT2D eigenvalue weighted by atomic mass is 10.00. The fourth-order valence-corrected chi connectivity index (χ4v) is 1.72. The van der Waals surface area contributed by atoms with Crippen LogP contribution >= 0.6 is 0 Å². The maximum absolute atomic E-state index is 3.51.